The van der Waals surface area contributed by atoms with Crippen LogP contribution in [0, 0.1) is 11.6 Å². The SMILES string of the molecule is CN(C)C1(C(N)Cc2c(F)cccc2F)CCCCCC1. The van der Waals surface area contributed by atoms with Crippen molar-refractivity contribution < 1.29 is 8.78 Å². The standard InChI is InChI=1S/C17H26F2N2/c1-21(2)17(10-5-3-4-6-11-17)16(20)12-13-14(18)8-7-9-15(13)19/h7-9,16H,3-6,10-12,20H2,1-2H3. The Kier molecular flexibility index (Phi) is 5.33. The quantitative estimate of drug-likeness (QED) is 0.862. The molecule has 1 aromatic carbocycles. The summed E-state index contributed by atoms with van der Waals surface area (Å²) in [6.45, 7) is 0. The zero-order chi connectivity index (χ0) is 15.5. The minimum Gasteiger partial charge on any atom is -0.326 e. The molecule has 4 heteroatoms. The number of halogens is 2. The molecule has 1 fully saturated rings. The fourth-order valence-corrected chi connectivity index (χ4v) is 3.63. The van der Waals surface area contributed by atoms with Crippen molar-refractivity contribution in [2.75, 3.05) is 14.1 Å². The van der Waals surface area contributed by atoms with Gasteiger partial charge in [-0.1, -0.05) is 31.7 Å². The molecular weight excluding hydrogens is 270 g/mol. The van der Waals surface area contributed by atoms with E-state index in [0.29, 0.717) is 0 Å². The second-order valence-corrected chi connectivity index (χ2v) is 6.42. The lowest BCUT2D eigenvalue weighted by molar-refractivity contribution is 0.0961. The van der Waals surface area contributed by atoms with E-state index < -0.39 is 11.6 Å². The third-order valence-corrected chi connectivity index (χ3v) is 5.04. The number of hydrogen-bond donors (Lipinski definition) is 1. The van der Waals surface area contributed by atoms with E-state index in [1.54, 1.807) is 0 Å². The van der Waals surface area contributed by atoms with Gasteiger partial charge in [0.25, 0.3) is 0 Å². The van der Waals surface area contributed by atoms with Gasteiger partial charge in [0.05, 0.1) is 0 Å². The molecule has 1 unspecified atom stereocenters. The van der Waals surface area contributed by atoms with Gasteiger partial charge in [0, 0.05) is 17.1 Å². The normalized spacial score (nSPS) is 20.3. The third-order valence-electron chi connectivity index (χ3n) is 5.04. The Morgan fingerprint density at radius 2 is 1.62 bits per heavy atom. The maximum absolute atomic E-state index is 13.9. The van der Waals surface area contributed by atoms with Crippen LogP contribution in [0.3, 0.4) is 0 Å². The third kappa shape index (κ3) is 3.43. The van der Waals surface area contributed by atoms with Gasteiger partial charge in [0.15, 0.2) is 0 Å². The molecule has 2 rings (SSSR count). The molecule has 0 bridgehead atoms. The van der Waals surface area contributed by atoms with Gasteiger partial charge in [-0.15, -0.1) is 0 Å². The van der Waals surface area contributed by atoms with E-state index in [1.807, 2.05) is 14.1 Å². The summed E-state index contributed by atoms with van der Waals surface area (Å²) in [7, 11) is 4.06. The summed E-state index contributed by atoms with van der Waals surface area (Å²) in [5, 5.41) is 0. The van der Waals surface area contributed by atoms with Crippen LogP contribution < -0.4 is 5.73 Å². The van der Waals surface area contributed by atoms with Crippen molar-refractivity contribution >= 4 is 0 Å². The zero-order valence-corrected chi connectivity index (χ0v) is 13.0. The molecule has 0 amide bonds. The number of nitrogens with zero attached hydrogens (tertiary/aromatic N) is 1. The van der Waals surface area contributed by atoms with Crippen LogP contribution in [0.1, 0.15) is 44.1 Å². The van der Waals surface area contributed by atoms with Crippen LogP contribution in [0.4, 0.5) is 8.78 Å². The van der Waals surface area contributed by atoms with E-state index >= 15 is 0 Å². The van der Waals surface area contributed by atoms with Crippen LogP contribution in [0.15, 0.2) is 18.2 Å². The average Bonchev–Trinajstić information content (AvgIpc) is 2.69. The predicted molar refractivity (Wildman–Crippen MR) is 82.2 cm³/mol. The van der Waals surface area contributed by atoms with Crippen LogP contribution in [0.25, 0.3) is 0 Å². The molecule has 0 spiro atoms. The van der Waals surface area contributed by atoms with Gasteiger partial charge in [0.2, 0.25) is 0 Å². The highest BCUT2D eigenvalue weighted by atomic mass is 19.1. The summed E-state index contributed by atoms with van der Waals surface area (Å²) in [5.41, 5.74) is 6.41. The van der Waals surface area contributed by atoms with Crippen molar-refractivity contribution in [3.8, 4) is 0 Å². The van der Waals surface area contributed by atoms with Gasteiger partial charge in [-0.2, -0.15) is 0 Å². The molecule has 1 atom stereocenters. The molecule has 0 heterocycles. The minimum atomic E-state index is -0.493. The number of nitrogens with two attached hydrogens (primary N) is 1. The largest absolute Gasteiger partial charge is 0.326 e. The van der Waals surface area contributed by atoms with Crippen molar-refractivity contribution in [3.63, 3.8) is 0 Å². The molecule has 1 aliphatic carbocycles. The smallest absolute Gasteiger partial charge is 0.129 e. The highest BCUT2D eigenvalue weighted by Crippen LogP contribution is 2.35. The Hall–Kier alpha value is -1.00. The Balaban J connectivity index is 2.24. The molecule has 1 aromatic rings. The van der Waals surface area contributed by atoms with Crippen LogP contribution in [0.5, 0.6) is 0 Å². The Bertz CT molecular complexity index is 446. The van der Waals surface area contributed by atoms with Gasteiger partial charge < -0.3 is 10.6 Å². The van der Waals surface area contributed by atoms with Crippen LogP contribution in [0.2, 0.25) is 0 Å². The molecule has 2 nitrogen and oxygen atoms in total. The van der Waals surface area contributed by atoms with E-state index in [0.717, 1.165) is 25.7 Å². The van der Waals surface area contributed by atoms with Gasteiger partial charge in [-0.3, -0.25) is 0 Å². The summed E-state index contributed by atoms with van der Waals surface area (Å²) in [6.07, 6.45) is 6.94. The first-order chi connectivity index (χ1) is 9.97. The number of likely N-dealkylation sites (N-methyl/N-ethyl adjacent to an activating group) is 1. The van der Waals surface area contributed by atoms with Crippen LogP contribution in [-0.4, -0.2) is 30.6 Å². The summed E-state index contributed by atoms with van der Waals surface area (Å²) in [6, 6.07) is 3.74. The van der Waals surface area contributed by atoms with Crippen LogP contribution >= 0.6 is 0 Å². The first kappa shape index (κ1) is 16.4. The van der Waals surface area contributed by atoms with E-state index in [1.165, 1.54) is 31.0 Å². The average molecular weight is 296 g/mol. The highest BCUT2D eigenvalue weighted by molar-refractivity contribution is 5.22. The minimum absolute atomic E-state index is 0.121. The molecule has 0 saturated heterocycles. The molecule has 2 N–H and O–H groups in total. The van der Waals surface area contributed by atoms with E-state index in [9.17, 15) is 8.78 Å². The second-order valence-electron chi connectivity index (χ2n) is 6.42. The van der Waals surface area contributed by atoms with Gasteiger partial charge in [0.1, 0.15) is 11.6 Å². The lowest BCUT2D eigenvalue weighted by atomic mass is 9.79. The van der Waals surface area contributed by atoms with Crippen molar-refractivity contribution in [1.82, 2.24) is 4.90 Å². The first-order valence-corrected chi connectivity index (χ1v) is 7.83. The van der Waals surface area contributed by atoms with E-state index in [2.05, 4.69) is 4.90 Å². The number of hydrogen-bond acceptors (Lipinski definition) is 2. The zero-order valence-electron chi connectivity index (χ0n) is 13.0. The fourth-order valence-electron chi connectivity index (χ4n) is 3.63. The Morgan fingerprint density at radius 1 is 1.10 bits per heavy atom. The van der Waals surface area contributed by atoms with Crippen molar-refractivity contribution in [2.45, 2.75) is 56.5 Å². The lowest BCUT2D eigenvalue weighted by Crippen LogP contribution is -2.58. The maximum atomic E-state index is 13.9. The fraction of sp³-hybridized carbons (Fsp3) is 0.647. The predicted octanol–water partition coefficient (Wildman–Crippen LogP) is 3.49. The molecule has 21 heavy (non-hydrogen) atoms. The summed E-state index contributed by atoms with van der Waals surface area (Å²) < 4.78 is 27.7. The number of rotatable bonds is 4. The Labute approximate surface area is 126 Å². The van der Waals surface area contributed by atoms with Gasteiger partial charge in [-0.25, -0.2) is 8.78 Å². The summed E-state index contributed by atoms with van der Waals surface area (Å²) in [5.74, 6) is -0.985. The molecule has 118 valence electrons. The summed E-state index contributed by atoms with van der Waals surface area (Å²) >= 11 is 0. The molecule has 0 aromatic heterocycles. The van der Waals surface area contributed by atoms with E-state index in [4.69, 9.17) is 5.73 Å². The topological polar surface area (TPSA) is 29.3 Å². The van der Waals surface area contributed by atoms with Crippen molar-refractivity contribution in [3.05, 3.63) is 35.4 Å². The number of benzene rings is 1. The van der Waals surface area contributed by atoms with Crippen molar-refractivity contribution in [2.24, 2.45) is 5.73 Å². The first-order valence-electron chi connectivity index (χ1n) is 7.83. The molecular formula is C17H26F2N2. The van der Waals surface area contributed by atoms with E-state index in [-0.39, 0.29) is 23.6 Å². The maximum Gasteiger partial charge on any atom is 0.129 e. The second kappa shape index (κ2) is 6.84. The van der Waals surface area contributed by atoms with Gasteiger partial charge >= 0.3 is 0 Å². The summed E-state index contributed by atoms with van der Waals surface area (Å²) in [4.78, 5) is 2.17. The molecule has 1 aliphatic rings. The molecule has 1 saturated carbocycles. The van der Waals surface area contributed by atoms with Crippen molar-refractivity contribution in [1.29, 1.82) is 0 Å². The Morgan fingerprint density at radius 3 is 2.10 bits per heavy atom. The lowest BCUT2D eigenvalue weighted by Gasteiger charge is -2.44. The highest BCUT2D eigenvalue weighted by Gasteiger charge is 2.39. The molecule has 0 radical (unpaired) electrons. The molecule has 0 aliphatic heterocycles. The monoisotopic (exact) mass is 296 g/mol. The van der Waals surface area contributed by atoms with Crippen LogP contribution in [-0.2, 0) is 6.42 Å². The van der Waals surface area contributed by atoms with Gasteiger partial charge in [-0.05, 0) is 45.5 Å².